The summed E-state index contributed by atoms with van der Waals surface area (Å²) in [5.41, 5.74) is 2.46. The van der Waals surface area contributed by atoms with Crippen molar-refractivity contribution in [2.75, 3.05) is 4.90 Å². The first-order valence-corrected chi connectivity index (χ1v) is 12.0. The van der Waals surface area contributed by atoms with E-state index in [0.29, 0.717) is 5.56 Å². The SMILES string of the molecule is O=C(NC1CCCCC1)C1N(C(=O)c2ccccc2)c2ccccc2C12CCCCC2. The summed E-state index contributed by atoms with van der Waals surface area (Å²) in [5, 5.41) is 3.37. The molecule has 1 unspecified atom stereocenters. The number of nitrogens with zero attached hydrogens (tertiary/aromatic N) is 1. The first kappa shape index (κ1) is 20.3. The highest BCUT2D eigenvalue weighted by Gasteiger charge is 2.56. The average Bonchev–Trinajstić information content (AvgIpc) is 3.10. The van der Waals surface area contributed by atoms with Gasteiger partial charge in [-0.2, -0.15) is 0 Å². The molecule has 4 nitrogen and oxygen atoms in total. The summed E-state index contributed by atoms with van der Waals surface area (Å²) in [4.78, 5) is 29.5. The monoisotopic (exact) mass is 416 g/mol. The molecule has 4 heteroatoms. The molecule has 31 heavy (non-hydrogen) atoms. The Bertz CT molecular complexity index is 943. The van der Waals surface area contributed by atoms with Gasteiger partial charge in [0.25, 0.3) is 5.91 Å². The van der Waals surface area contributed by atoms with Gasteiger partial charge in [0.2, 0.25) is 5.91 Å². The van der Waals surface area contributed by atoms with Crippen LogP contribution in [0.5, 0.6) is 0 Å². The quantitative estimate of drug-likeness (QED) is 0.732. The van der Waals surface area contributed by atoms with Crippen molar-refractivity contribution in [1.82, 2.24) is 5.32 Å². The van der Waals surface area contributed by atoms with E-state index in [1.54, 1.807) is 0 Å². The number of carbonyl (C=O) groups excluding carboxylic acids is 2. The molecule has 1 N–H and O–H groups in total. The molecule has 0 aromatic heterocycles. The van der Waals surface area contributed by atoms with Crippen LogP contribution in [-0.4, -0.2) is 23.9 Å². The van der Waals surface area contributed by atoms with Gasteiger partial charge >= 0.3 is 0 Å². The minimum atomic E-state index is -0.472. The van der Waals surface area contributed by atoms with Gasteiger partial charge in [0.1, 0.15) is 6.04 Å². The molecule has 2 aromatic carbocycles. The van der Waals surface area contributed by atoms with Crippen molar-refractivity contribution >= 4 is 17.5 Å². The summed E-state index contributed by atoms with van der Waals surface area (Å²) >= 11 is 0. The molecule has 0 radical (unpaired) electrons. The molecule has 1 spiro atoms. The number of rotatable bonds is 3. The molecule has 1 aliphatic heterocycles. The predicted molar refractivity (Wildman–Crippen MR) is 123 cm³/mol. The predicted octanol–water partition coefficient (Wildman–Crippen LogP) is 5.37. The number of nitrogens with one attached hydrogen (secondary N) is 1. The first-order chi connectivity index (χ1) is 15.2. The van der Waals surface area contributed by atoms with E-state index >= 15 is 0 Å². The van der Waals surface area contributed by atoms with Crippen LogP contribution in [0.1, 0.15) is 80.1 Å². The van der Waals surface area contributed by atoms with E-state index in [0.717, 1.165) is 44.2 Å². The normalized spacial score (nSPS) is 22.8. The number of fused-ring (bicyclic) bond motifs is 2. The van der Waals surface area contributed by atoms with Gasteiger partial charge in [-0.05, 0) is 49.4 Å². The molecular weight excluding hydrogens is 384 g/mol. The van der Waals surface area contributed by atoms with Crippen molar-refractivity contribution in [3.8, 4) is 0 Å². The third-order valence-electron chi connectivity index (χ3n) is 7.67. The van der Waals surface area contributed by atoms with Crippen molar-refractivity contribution < 1.29 is 9.59 Å². The van der Waals surface area contributed by atoms with Crippen molar-refractivity contribution in [2.24, 2.45) is 0 Å². The van der Waals surface area contributed by atoms with Gasteiger partial charge in [-0.3, -0.25) is 14.5 Å². The number of carbonyl (C=O) groups is 2. The van der Waals surface area contributed by atoms with Crippen LogP contribution in [0.3, 0.4) is 0 Å². The molecule has 2 aromatic rings. The molecule has 2 aliphatic carbocycles. The zero-order valence-corrected chi connectivity index (χ0v) is 18.2. The Hall–Kier alpha value is -2.62. The molecule has 5 rings (SSSR count). The Kier molecular flexibility index (Phi) is 5.56. The number of anilines is 1. The molecular formula is C27H32N2O2. The lowest BCUT2D eigenvalue weighted by atomic mass is 9.66. The molecule has 162 valence electrons. The van der Waals surface area contributed by atoms with Crippen molar-refractivity contribution in [3.63, 3.8) is 0 Å². The number of amides is 2. The van der Waals surface area contributed by atoms with Crippen LogP contribution in [0.4, 0.5) is 5.69 Å². The average molecular weight is 417 g/mol. The molecule has 0 bridgehead atoms. The second-order valence-electron chi connectivity index (χ2n) is 9.52. The number of hydrogen-bond donors (Lipinski definition) is 1. The lowest BCUT2D eigenvalue weighted by Gasteiger charge is -2.41. The van der Waals surface area contributed by atoms with E-state index in [1.165, 1.54) is 31.2 Å². The highest BCUT2D eigenvalue weighted by atomic mass is 16.2. The lowest BCUT2D eigenvalue weighted by Crippen LogP contribution is -2.58. The molecule has 2 fully saturated rings. The third kappa shape index (κ3) is 3.56. The fourth-order valence-corrected chi connectivity index (χ4v) is 6.21. The Labute approximate surface area is 185 Å². The van der Waals surface area contributed by atoms with E-state index in [2.05, 4.69) is 17.4 Å². The van der Waals surface area contributed by atoms with Gasteiger partial charge in [-0.15, -0.1) is 0 Å². The molecule has 3 aliphatic rings. The molecule has 1 heterocycles. The minimum absolute atomic E-state index is 0.0364. The molecule has 2 amide bonds. The van der Waals surface area contributed by atoms with E-state index in [4.69, 9.17) is 0 Å². The topological polar surface area (TPSA) is 49.4 Å². The van der Waals surface area contributed by atoms with Crippen LogP contribution >= 0.6 is 0 Å². The van der Waals surface area contributed by atoms with Crippen LogP contribution in [0.2, 0.25) is 0 Å². The summed E-state index contributed by atoms with van der Waals surface area (Å²) < 4.78 is 0. The lowest BCUT2D eigenvalue weighted by molar-refractivity contribution is -0.125. The smallest absolute Gasteiger partial charge is 0.259 e. The highest BCUT2D eigenvalue weighted by molar-refractivity contribution is 6.12. The van der Waals surface area contributed by atoms with Gasteiger partial charge in [0.05, 0.1) is 0 Å². The van der Waals surface area contributed by atoms with Crippen LogP contribution < -0.4 is 10.2 Å². The maximum absolute atomic E-state index is 13.9. The Balaban J connectivity index is 1.57. The van der Waals surface area contributed by atoms with Gasteiger partial charge in [-0.1, -0.05) is 74.9 Å². The standard InChI is InChI=1S/C27H32N2O2/c30-25(28-21-14-6-2-7-15-21)24-27(18-10-3-11-19-27)22-16-8-9-17-23(22)29(24)26(31)20-12-4-1-5-13-20/h1,4-5,8-9,12-13,16-17,21,24H,2-3,6-7,10-11,14-15,18-19H2,(H,28,30). The minimum Gasteiger partial charge on any atom is -0.352 e. The zero-order valence-electron chi connectivity index (χ0n) is 18.2. The Morgan fingerprint density at radius 3 is 2.19 bits per heavy atom. The summed E-state index contributed by atoms with van der Waals surface area (Å²) in [7, 11) is 0. The Morgan fingerprint density at radius 2 is 1.45 bits per heavy atom. The first-order valence-electron chi connectivity index (χ1n) is 12.0. The summed E-state index contributed by atoms with van der Waals surface area (Å²) in [5.74, 6) is -0.0337. The van der Waals surface area contributed by atoms with E-state index in [1.807, 2.05) is 47.4 Å². The van der Waals surface area contributed by atoms with Crippen LogP contribution in [0.15, 0.2) is 54.6 Å². The van der Waals surface area contributed by atoms with E-state index < -0.39 is 6.04 Å². The van der Waals surface area contributed by atoms with Gasteiger partial charge in [-0.25, -0.2) is 0 Å². The third-order valence-corrected chi connectivity index (χ3v) is 7.67. The fraction of sp³-hybridized carbons (Fsp3) is 0.481. The van der Waals surface area contributed by atoms with Gasteiger partial charge < -0.3 is 5.32 Å². The number of hydrogen-bond acceptors (Lipinski definition) is 2. The summed E-state index contributed by atoms with van der Waals surface area (Å²) in [6.45, 7) is 0. The summed E-state index contributed by atoms with van der Waals surface area (Å²) in [6, 6.07) is 17.4. The maximum atomic E-state index is 13.9. The van der Waals surface area contributed by atoms with Gasteiger partial charge in [0, 0.05) is 22.7 Å². The molecule has 1 atom stereocenters. The van der Waals surface area contributed by atoms with Gasteiger partial charge in [0.15, 0.2) is 0 Å². The number of para-hydroxylation sites is 1. The van der Waals surface area contributed by atoms with Crippen molar-refractivity contribution in [3.05, 3.63) is 65.7 Å². The molecule has 2 saturated carbocycles. The van der Waals surface area contributed by atoms with E-state index in [9.17, 15) is 9.59 Å². The second kappa shape index (κ2) is 8.49. The second-order valence-corrected chi connectivity index (χ2v) is 9.52. The summed E-state index contributed by atoms with van der Waals surface area (Å²) in [6.07, 6.45) is 11.0. The highest BCUT2D eigenvalue weighted by Crippen LogP contribution is 2.53. The van der Waals surface area contributed by atoms with Crippen molar-refractivity contribution in [2.45, 2.75) is 81.7 Å². The zero-order chi connectivity index (χ0) is 21.3. The van der Waals surface area contributed by atoms with Crippen LogP contribution in [-0.2, 0) is 10.2 Å². The van der Waals surface area contributed by atoms with Crippen molar-refractivity contribution in [1.29, 1.82) is 0 Å². The van der Waals surface area contributed by atoms with Crippen LogP contribution in [0, 0.1) is 0 Å². The number of benzene rings is 2. The fourth-order valence-electron chi connectivity index (χ4n) is 6.21. The van der Waals surface area contributed by atoms with E-state index in [-0.39, 0.29) is 23.3 Å². The van der Waals surface area contributed by atoms with Crippen LogP contribution in [0.25, 0.3) is 0 Å². The Morgan fingerprint density at radius 1 is 0.806 bits per heavy atom. The molecule has 0 saturated heterocycles. The largest absolute Gasteiger partial charge is 0.352 e. The maximum Gasteiger partial charge on any atom is 0.259 e.